The molecule has 1 atom stereocenters. The molecule has 1 aliphatic rings. The van der Waals surface area contributed by atoms with Gasteiger partial charge in [-0.25, -0.2) is 0 Å². The summed E-state index contributed by atoms with van der Waals surface area (Å²) in [5, 5.41) is 6.03. The maximum atomic E-state index is 12.5. The molecule has 0 aliphatic carbocycles. The Hall–Kier alpha value is -3.50. The van der Waals surface area contributed by atoms with Gasteiger partial charge in [0.05, 0.1) is 7.11 Å². The summed E-state index contributed by atoms with van der Waals surface area (Å²) in [5.74, 6) is 1.25. The molecule has 1 heterocycles. The van der Waals surface area contributed by atoms with Gasteiger partial charge < -0.3 is 14.8 Å². The van der Waals surface area contributed by atoms with Crippen molar-refractivity contribution in [2.45, 2.75) is 18.9 Å². The van der Waals surface area contributed by atoms with Crippen molar-refractivity contribution in [2.75, 3.05) is 12.4 Å². The number of fused-ring (bicyclic) bond motifs is 3. The van der Waals surface area contributed by atoms with Crippen molar-refractivity contribution >= 4 is 34.0 Å². The zero-order chi connectivity index (χ0) is 22.1. The molecular weight excluding hydrogens is 422 g/mol. The molecular formula is C27H22ClNO3. The first-order valence-corrected chi connectivity index (χ1v) is 10.9. The number of anilines is 1. The number of amides is 1. The number of halogens is 1. The highest BCUT2D eigenvalue weighted by molar-refractivity contribution is 6.30. The van der Waals surface area contributed by atoms with Crippen LogP contribution >= 0.6 is 11.6 Å². The fourth-order valence-corrected chi connectivity index (χ4v) is 4.44. The van der Waals surface area contributed by atoms with Crippen molar-refractivity contribution < 1.29 is 14.3 Å². The molecule has 160 valence electrons. The maximum Gasteiger partial charge on any atom is 0.225 e. The molecule has 0 saturated carbocycles. The fourth-order valence-electron chi connectivity index (χ4n) is 4.32. The second-order valence-corrected chi connectivity index (χ2v) is 8.31. The minimum atomic E-state index is -0.0657. The van der Waals surface area contributed by atoms with E-state index < -0.39 is 0 Å². The van der Waals surface area contributed by atoms with E-state index in [1.807, 2.05) is 66.7 Å². The predicted octanol–water partition coefficient (Wildman–Crippen LogP) is 6.55. The molecule has 1 unspecified atom stereocenters. The Morgan fingerprint density at radius 1 is 0.969 bits per heavy atom. The lowest BCUT2D eigenvalue weighted by Crippen LogP contribution is -2.23. The number of hydrogen-bond donors (Lipinski definition) is 1. The molecule has 4 nitrogen and oxygen atoms in total. The third kappa shape index (κ3) is 3.90. The van der Waals surface area contributed by atoms with Crippen molar-refractivity contribution in [1.29, 1.82) is 0 Å². The van der Waals surface area contributed by atoms with Gasteiger partial charge in [-0.1, -0.05) is 60.1 Å². The first-order valence-electron chi connectivity index (χ1n) is 10.5. The van der Waals surface area contributed by atoms with E-state index in [-0.39, 0.29) is 11.8 Å². The second kappa shape index (κ2) is 8.56. The van der Waals surface area contributed by atoms with Crippen LogP contribution < -0.4 is 14.8 Å². The quantitative estimate of drug-likeness (QED) is 0.380. The average Bonchev–Trinajstić information content (AvgIpc) is 2.82. The summed E-state index contributed by atoms with van der Waals surface area (Å²) in [6.07, 6.45) is 0.384. The predicted molar refractivity (Wildman–Crippen MR) is 128 cm³/mol. The van der Waals surface area contributed by atoms with Crippen molar-refractivity contribution in [3.05, 3.63) is 101 Å². The van der Waals surface area contributed by atoms with Gasteiger partial charge in [-0.2, -0.15) is 0 Å². The van der Waals surface area contributed by atoms with E-state index in [1.165, 1.54) is 0 Å². The third-order valence-corrected chi connectivity index (χ3v) is 6.13. The van der Waals surface area contributed by atoms with Crippen LogP contribution in [0.5, 0.6) is 11.5 Å². The minimum absolute atomic E-state index is 0.0137. The summed E-state index contributed by atoms with van der Waals surface area (Å²) in [4.78, 5) is 12.5. The smallest absolute Gasteiger partial charge is 0.225 e. The Morgan fingerprint density at radius 3 is 2.59 bits per heavy atom. The molecule has 4 aromatic rings. The molecule has 0 aromatic heterocycles. The van der Waals surface area contributed by atoms with Gasteiger partial charge in [-0.3, -0.25) is 4.79 Å². The number of rotatable bonds is 5. The van der Waals surface area contributed by atoms with Gasteiger partial charge in [0.2, 0.25) is 5.91 Å². The van der Waals surface area contributed by atoms with Crippen molar-refractivity contribution in [2.24, 2.45) is 0 Å². The number of carbonyl (C=O) groups excluding carboxylic acids is 1. The molecule has 32 heavy (non-hydrogen) atoms. The van der Waals surface area contributed by atoms with Crippen molar-refractivity contribution in [1.82, 2.24) is 0 Å². The first kappa shape index (κ1) is 20.4. The van der Waals surface area contributed by atoms with Crippen molar-refractivity contribution in [3.8, 4) is 11.5 Å². The van der Waals surface area contributed by atoms with Gasteiger partial charge in [0.25, 0.3) is 0 Å². The summed E-state index contributed by atoms with van der Waals surface area (Å²) in [6.45, 7) is 0.409. The summed E-state index contributed by atoms with van der Waals surface area (Å²) < 4.78 is 11.6. The van der Waals surface area contributed by atoms with Crippen LogP contribution in [0.15, 0.2) is 78.9 Å². The Morgan fingerprint density at radius 2 is 1.78 bits per heavy atom. The highest BCUT2D eigenvalue weighted by atomic mass is 35.5. The summed E-state index contributed by atoms with van der Waals surface area (Å²) in [7, 11) is 1.63. The molecule has 5 rings (SSSR count). The zero-order valence-corrected chi connectivity index (χ0v) is 18.4. The van der Waals surface area contributed by atoms with Crippen molar-refractivity contribution in [3.63, 3.8) is 0 Å². The molecule has 0 saturated heterocycles. The lowest BCUT2D eigenvalue weighted by atomic mass is 9.82. The van der Waals surface area contributed by atoms with Crippen LogP contribution in [0, 0.1) is 0 Å². The number of ether oxygens (including phenoxy) is 2. The summed E-state index contributed by atoms with van der Waals surface area (Å²) in [6, 6.07) is 25.8. The fraction of sp³-hybridized carbons (Fsp3) is 0.148. The molecule has 0 spiro atoms. The largest absolute Gasteiger partial charge is 0.493 e. The number of hydrogen-bond acceptors (Lipinski definition) is 3. The second-order valence-electron chi connectivity index (χ2n) is 7.88. The van der Waals surface area contributed by atoms with E-state index in [0.29, 0.717) is 29.5 Å². The maximum absolute atomic E-state index is 12.5. The lowest BCUT2D eigenvalue weighted by molar-refractivity contribution is -0.116. The van der Waals surface area contributed by atoms with Crippen LogP contribution in [0.4, 0.5) is 5.69 Å². The van der Waals surface area contributed by atoms with Crippen LogP contribution in [0.3, 0.4) is 0 Å². The topological polar surface area (TPSA) is 47.6 Å². The van der Waals surface area contributed by atoms with Gasteiger partial charge in [0.1, 0.15) is 6.61 Å². The van der Waals surface area contributed by atoms with E-state index in [2.05, 4.69) is 17.4 Å². The minimum Gasteiger partial charge on any atom is -0.493 e. The molecule has 5 heteroatoms. The Bertz CT molecular complexity index is 1300. The highest BCUT2D eigenvalue weighted by Gasteiger charge is 2.29. The van der Waals surface area contributed by atoms with E-state index in [1.54, 1.807) is 7.11 Å². The van der Waals surface area contributed by atoms with Crippen LogP contribution in [0.1, 0.15) is 29.0 Å². The van der Waals surface area contributed by atoms with Gasteiger partial charge in [-0.15, -0.1) is 0 Å². The molecule has 1 N–H and O–H groups in total. The molecule has 0 fully saturated rings. The Labute approximate surface area is 191 Å². The van der Waals surface area contributed by atoms with Gasteiger partial charge in [0.15, 0.2) is 11.5 Å². The summed E-state index contributed by atoms with van der Waals surface area (Å²) >= 11 is 5.96. The third-order valence-electron chi connectivity index (χ3n) is 5.88. The highest BCUT2D eigenvalue weighted by Crippen LogP contribution is 2.43. The standard InChI is InChI=1S/C27H22ClNO3/c1-31-25-14-19(9-13-24(25)32-16-17-6-10-20(28)11-7-17)22-15-26(30)29-23-12-8-18-4-2-3-5-21(18)27(22)23/h2-14,22H,15-16H2,1H3,(H,29,30). The molecule has 0 radical (unpaired) electrons. The van der Waals surface area contributed by atoms with E-state index >= 15 is 0 Å². The number of methoxy groups -OCH3 is 1. The monoisotopic (exact) mass is 443 g/mol. The van der Waals surface area contributed by atoms with Crippen LogP contribution in [-0.4, -0.2) is 13.0 Å². The lowest BCUT2D eigenvalue weighted by Gasteiger charge is -2.28. The van der Waals surface area contributed by atoms with Crippen LogP contribution in [0.25, 0.3) is 10.8 Å². The van der Waals surface area contributed by atoms with Crippen LogP contribution in [0.2, 0.25) is 5.02 Å². The SMILES string of the molecule is COc1cc(C2CC(=O)Nc3ccc4ccccc4c32)ccc1OCc1ccc(Cl)cc1. The number of benzene rings is 4. The molecule has 0 bridgehead atoms. The Balaban J connectivity index is 1.49. The average molecular weight is 444 g/mol. The summed E-state index contributed by atoms with van der Waals surface area (Å²) in [5.41, 5.74) is 4.05. The van der Waals surface area contributed by atoms with Gasteiger partial charge in [-0.05, 0) is 57.8 Å². The zero-order valence-electron chi connectivity index (χ0n) is 17.6. The normalized spacial score (nSPS) is 15.2. The van der Waals surface area contributed by atoms with E-state index in [4.69, 9.17) is 21.1 Å². The van der Waals surface area contributed by atoms with E-state index in [9.17, 15) is 4.79 Å². The molecule has 4 aromatic carbocycles. The Kier molecular flexibility index (Phi) is 5.46. The molecule has 1 amide bonds. The van der Waals surface area contributed by atoms with E-state index in [0.717, 1.165) is 33.2 Å². The number of carbonyl (C=O) groups is 1. The first-order chi connectivity index (χ1) is 15.6. The molecule has 1 aliphatic heterocycles. The van der Waals surface area contributed by atoms with Gasteiger partial charge in [0, 0.05) is 23.0 Å². The number of nitrogens with one attached hydrogen (secondary N) is 1. The van der Waals surface area contributed by atoms with Crippen LogP contribution in [-0.2, 0) is 11.4 Å². The van der Waals surface area contributed by atoms with Gasteiger partial charge >= 0.3 is 0 Å².